The molecule has 0 aromatic heterocycles. The van der Waals surface area contributed by atoms with Gasteiger partial charge in [0.15, 0.2) is 0 Å². The maximum absolute atomic E-state index is 12.1. The number of amides is 1. The molecule has 1 heterocycles. The zero-order valence-electron chi connectivity index (χ0n) is 10.2. The smallest absolute Gasteiger partial charge is 0.241 e. The fraction of sp³-hybridized carbons (Fsp3) is 0.462. The predicted molar refractivity (Wildman–Crippen MR) is 78.0 cm³/mol. The summed E-state index contributed by atoms with van der Waals surface area (Å²) in [4.78, 5) is 12.1. The third-order valence-corrected chi connectivity index (χ3v) is 4.59. The number of carbonyl (C=O) groups excluding carboxylic acids is 1. The second-order valence-corrected chi connectivity index (χ2v) is 5.93. The maximum Gasteiger partial charge on any atom is 0.241 e. The molecule has 2 atom stereocenters. The van der Waals surface area contributed by atoms with Gasteiger partial charge in [0.1, 0.15) is 0 Å². The lowest BCUT2D eigenvalue weighted by Gasteiger charge is -2.27. The van der Waals surface area contributed by atoms with E-state index in [0.29, 0.717) is 16.6 Å². The fourth-order valence-electron chi connectivity index (χ4n) is 2.13. The van der Waals surface area contributed by atoms with Crippen molar-refractivity contribution in [2.24, 2.45) is 5.92 Å². The quantitative estimate of drug-likeness (QED) is 0.872. The summed E-state index contributed by atoms with van der Waals surface area (Å²) in [6, 6.07) is 5.32. The molecule has 5 heteroatoms. The summed E-state index contributed by atoms with van der Waals surface area (Å²) in [5, 5.41) is 6.75. The van der Waals surface area contributed by atoms with Crippen molar-refractivity contribution in [1.29, 1.82) is 0 Å². The molecule has 3 nitrogen and oxygen atoms in total. The van der Waals surface area contributed by atoms with E-state index >= 15 is 0 Å². The van der Waals surface area contributed by atoms with Gasteiger partial charge in [-0.05, 0) is 53.4 Å². The van der Waals surface area contributed by atoms with Crippen LogP contribution in [0.25, 0.3) is 0 Å². The standard InChI is InChI=1S/C13H16BrClN2O/c1-8-5-6-16-11(7-8)13(18)17-10-4-2-3-9(15)12(10)14/h2-4,8,11,16H,5-7H2,1H3,(H,17,18). The van der Waals surface area contributed by atoms with Crippen molar-refractivity contribution in [2.45, 2.75) is 25.8 Å². The van der Waals surface area contributed by atoms with E-state index in [0.717, 1.165) is 23.9 Å². The van der Waals surface area contributed by atoms with Crippen molar-refractivity contribution in [1.82, 2.24) is 5.32 Å². The van der Waals surface area contributed by atoms with E-state index in [2.05, 4.69) is 33.5 Å². The van der Waals surface area contributed by atoms with Gasteiger partial charge in [0.25, 0.3) is 0 Å². The van der Waals surface area contributed by atoms with Crippen LogP contribution in [0.3, 0.4) is 0 Å². The molecule has 1 amide bonds. The van der Waals surface area contributed by atoms with Gasteiger partial charge in [-0.1, -0.05) is 24.6 Å². The van der Waals surface area contributed by atoms with Crippen LogP contribution in [0.1, 0.15) is 19.8 Å². The summed E-state index contributed by atoms with van der Waals surface area (Å²) >= 11 is 9.37. The van der Waals surface area contributed by atoms with Crippen LogP contribution in [-0.2, 0) is 4.79 Å². The van der Waals surface area contributed by atoms with Gasteiger partial charge in [-0.2, -0.15) is 0 Å². The Balaban J connectivity index is 2.04. The lowest BCUT2D eigenvalue weighted by Crippen LogP contribution is -2.45. The molecule has 2 rings (SSSR count). The summed E-state index contributed by atoms with van der Waals surface area (Å²) in [7, 11) is 0. The second-order valence-electron chi connectivity index (χ2n) is 4.73. The average Bonchev–Trinajstić information content (AvgIpc) is 2.35. The lowest BCUT2D eigenvalue weighted by atomic mass is 9.94. The van der Waals surface area contributed by atoms with Crippen molar-refractivity contribution in [3.8, 4) is 0 Å². The molecule has 1 aliphatic rings. The van der Waals surface area contributed by atoms with E-state index in [4.69, 9.17) is 11.6 Å². The van der Waals surface area contributed by atoms with Gasteiger partial charge in [-0.25, -0.2) is 0 Å². The highest BCUT2D eigenvalue weighted by atomic mass is 79.9. The molecule has 0 bridgehead atoms. The second kappa shape index (κ2) is 6.04. The van der Waals surface area contributed by atoms with Gasteiger partial charge in [-0.15, -0.1) is 0 Å². The molecular weight excluding hydrogens is 316 g/mol. The molecule has 0 aliphatic carbocycles. The zero-order valence-corrected chi connectivity index (χ0v) is 12.5. The topological polar surface area (TPSA) is 41.1 Å². The van der Waals surface area contributed by atoms with E-state index in [1.807, 2.05) is 12.1 Å². The highest BCUT2D eigenvalue weighted by Gasteiger charge is 2.24. The molecule has 2 unspecified atom stereocenters. The number of halogens is 2. The maximum atomic E-state index is 12.1. The van der Waals surface area contributed by atoms with Gasteiger partial charge in [0, 0.05) is 0 Å². The van der Waals surface area contributed by atoms with Gasteiger partial charge in [0.2, 0.25) is 5.91 Å². The van der Waals surface area contributed by atoms with Crippen molar-refractivity contribution >= 4 is 39.1 Å². The number of rotatable bonds is 2. The Morgan fingerprint density at radius 1 is 1.56 bits per heavy atom. The van der Waals surface area contributed by atoms with Gasteiger partial charge < -0.3 is 10.6 Å². The van der Waals surface area contributed by atoms with Crippen molar-refractivity contribution < 1.29 is 4.79 Å². The van der Waals surface area contributed by atoms with Crippen molar-refractivity contribution in [2.75, 3.05) is 11.9 Å². The minimum absolute atomic E-state index is 0.00418. The first-order valence-electron chi connectivity index (χ1n) is 6.06. The molecular formula is C13H16BrClN2O. The molecule has 1 aromatic rings. The number of nitrogens with one attached hydrogen (secondary N) is 2. The number of carbonyl (C=O) groups is 1. The van der Waals surface area contributed by atoms with E-state index in [9.17, 15) is 4.79 Å². The van der Waals surface area contributed by atoms with Gasteiger partial charge in [-0.3, -0.25) is 4.79 Å². The van der Waals surface area contributed by atoms with Gasteiger partial charge in [0.05, 0.1) is 21.2 Å². The number of benzene rings is 1. The Morgan fingerprint density at radius 2 is 2.33 bits per heavy atom. The highest BCUT2D eigenvalue weighted by molar-refractivity contribution is 9.10. The predicted octanol–water partition coefficient (Wildman–Crippen LogP) is 3.43. The molecule has 0 spiro atoms. The van der Waals surface area contributed by atoms with Gasteiger partial charge >= 0.3 is 0 Å². The Kier molecular flexibility index (Phi) is 4.65. The Morgan fingerprint density at radius 3 is 3.06 bits per heavy atom. The van der Waals surface area contributed by atoms with Crippen LogP contribution in [-0.4, -0.2) is 18.5 Å². The summed E-state index contributed by atoms with van der Waals surface area (Å²) in [6.07, 6.45) is 2.01. The van der Waals surface area contributed by atoms with Crippen LogP contribution < -0.4 is 10.6 Å². The summed E-state index contributed by atoms with van der Waals surface area (Å²) in [5.74, 6) is 0.592. The lowest BCUT2D eigenvalue weighted by molar-refractivity contribution is -0.119. The Labute approximate surface area is 120 Å². The summed E-state index contributed by atoms with van der Waals surface area (Å²) < 4.78 is 0.726. The molecule has 1 fully saturated rings. The van der Waals surface area contributed by atoms with E-state index in [1.54, 1.807) is 6.07 Å². The SMILES string of the molecule is CC1CCNC(C(=O)Nc2cccc(Cl)c2Br)C1. The van der Waals surface area contributed by atoms with Crippen LogP contribution in [0.4, 0.5) is 5.69 Å². The molecule has 1 aromatic carbocycles. The van der Waals surface area contributed by atoms with Crippen molar-refractivity contribution in [3.63, 3.8) is 0 Å². The largest absolute Gasteiger partial charge is 0.324 e. The molecule has 0 radical (unpaired) electrons. The van der Waals surface area contributed by atoms with Crippen LogP contribution in [0.5, 0.6) is 0 Å². The molecule has 18 heavy (non-hydrogen) atoms. The number of piperidine rings is 1. The van der Waals surface area contributed by atoms with E-state index in [-0.39, 0.29) is 11.9 Å². The van der Waals surface area contributed by atoms with Crippen LogP contribution in [0.15, 0.2) is 22.7 Å². The summed E-state index contributed by atoms with van der Waals surface area (Å²) in [5.41, 5.74) is 0.715. The zero-order chi connectivity index (χ0) is 13.1. The normalized spacial score (nSPS) is 23.7. The Hall–Kier alpha value is -0.580. The highest BCUT2D eigenvalue weighted by Crippen LogP contribution is 2.30. The first-order valence-corrected chi connectivity index (χ1v) is 7.23. The van der Waals surface area contributed by atoms with E-state index in [1.165, 1.54) is 0 Å². The average molecular weight is 332 g/mol. The molecule has 0 saturated carbocycles. The Bertz CT molecular complexity index is 453. The van der Waals surface area contributed by atoms with Crippen LogP contribution >= 0.6 is 27.5 Å². The minimum Gasteiger partial charge on any atom is -0.324 e. The minimum atomic E-state index is -0.111. The monoisotopic (exact) mass is 330 g/mol. The fourth-order valence-corrected chi connectivity index (χ4v) is 2.67. The molecule has 2 N–H and O–H groups in total. The van der Waals surface area contributed by atoms with Crippen LogP contribution in [0, 0.1) is 5.92 Å². The molecule has 98 valence electrons. The van der Waals surface area contributed by atoms with Crippen LogP contribution in [0.2, 0.25) is 5.02 Å². The summed E-state index contributed by atoms with van der Waals surface area (Å²) in [6.45, 7) is 3.08. The first kappa shape index (κ1) is 13.8. The number of anilines is 1. The number of hydrogen-bond acceptors (Lipinski definition) is 2. The number of hydrogen-bond donors (Lipinski definition) is 2. The van der Waals surface area contributed by atoms with Crippen molar-refractivity contribution in [3.05, 3.63) is 27.7 Å². The third-order valence-electron chi connectivity index (χ3n) is 3.19. The first-order chi connectivity index (χ1) is 8.58. The molecule has 1 aliphatic heterocycles. The van der Waals surface area contributed by atoms with E-state index < -0.39 is 0 Å². The third kappa shape index (κ3) is 3.25. The molecule has 1 saturated heterocycles.